The highest BCUT2D eigenvalue weighted by Gasteiger charge is 2.22. The van der Waals surface area contributed by atoms with Crippen LogP contribution < -0.4 is 15.5 Å². The van der Waals surface area contributed by atoms with Crippen molar-refractivity contribution < 1.29 is 9.18 Å². The van der Waals surface area contributed by atoms with E-state index in [0.29, 0.717) is 5.69 Å². The minimum atomic E-state index is -0.418. The molecule has 1 unspecified atom stereocenters. The lowest BCUT2D eigenvalue weighted by atomic mass is 10.1. The molecule has 1 amide bonds. The Morgan fingerprint density at radius 3 is 2.85 bits per heavy atom. The molecule has 0 aliphatic carbocycles. The first-order valence-electron chi connectivity index (χ1n) is 9.33. The number of carbonyl (C=O) groups excluding carboxylic acids is 1. The van der Waals surface area contributed by atoms with E-state index in [1.54, 1.807) is 12.1 Å². The second kappa shape index (κ2) is 7.45. The number of benzene rings is 1. The number of anilines is 2. The molecule has 138 valence electrons. The summed E-state index contributed by atoms with van der Waals surface area (Å²) in [4.78, 5) is 14.8. The zero-order valence-electron chi connectivity index (χ0n) is 14.7. The first-order chi connectivity index (χ1) is 12.7. The van der Waals surface area contributed by atoms with Crippen molar-refractivity contribution in [2.45, 2.75) is 31.7 Å². The Labute approximate surface area is 152 Å². The van der Waals surface area contributed by atoms with Crippen LogP contribution in [0.5, 0.6) is 0 Å². The third-order valence-corrected chi connectivity index (χ3v) is 5.16. The van der Waals surface area contributed by atoms with Crippen molar-refractivity contribution in [2.24, 2.45) is 0 Å². The van der Waals surface area contributed by atoms with Crippen molar-refractivity contribution in [3.05, 3.63) is 42.0 Å². The molecule has 6 nitrogen and oxygen atoms in total. The van der Waals surface area contributed by atoms with Crippen LogP contribution in [0.3, 0.4) is 0 Å². The lowest BCUT2D eigenvalue weighted by Gasteiger charge is -2.23. The fourth-order valence-electron chi connectivity index (χ4n) is 3.76. The van der Waals surface area contributed by atoms with Gasteiger partial charge in [-0.15, -0.1) is 0 Å². The number of aromatic nitrogens is 2. The Morgan fingerprint density at radius 1 is 1.23 bits per heavy atom. The van der Waals surface area contributed by atoms with Crippen molar-refractivity contribution >= 4 is 17.3 Å². The number of para-hydroxylation sites is 1. The van der Waals surface area contributed by atoms with E-state index >= 15 is 0 Å². The monoisotopic (exact) mass is 357 g/mol. The third-order valence-electron chi connectivity index (χ3n) is 5.16. The van der Waals surface area contributed by atoms with E-state index in [1.165, 1.54) is 6.07 Å². The van der Waals surface area contributed by atoms with E-state index in [-0.39, 0.29) is 17.6 Å². The van der Waals surface area contributed by atoms with E-state index in [9.17, 15) is 9.18 Å². The lowest BCUT2D eigenvalue weighted by Crippen LogP contribution is -2.32. The van der Waals surface area contributed by atoms with Crippen LogP contribution in [0, 0.1) is 5.82 Å². The molecule has 0 radical (unpaired) electrons. The predicted octanol–water partition coefficient (Wildman–Crippen LogP) is 2.80. The molecular weight excluding hydrogens is 333 g/mol. The maximum absolute atomic E-state index is 14.4. The summed E-state index contributed by atoms with van der Waals surface area (Å²) in [5.74, 6) is -0.795. The van der Waals surface area contributed by atoms with Crippen LogP contribution in [0.25, 0.3) is 0 Å². The fourth-order valence-corrected chi connectivity index (χ4v) is 3.76. The number of amides is 1. The Kier molecular flexibility index (Phi) is 4.88. The van der Waals surface area contributed by atoms with Gasteiger partial charge >= 0.3 is 0 Å². The summed E-state index contributed by atoms with van der Waals surface area (Å²) in [5.41, 5.74) is 1.30. The second-order valence-corrected chi connectivity index (χ2v) is 6.96. The minimum absolute atomic E-state index is 0.244. The Bertz CT molecular complexity index is 778. The zero-order valence-corrected chi connectivity index (χ0v) is 14.7. The number of rotatable bonds is 4. The Balaban J connectivity index is 1.52. The molecule has 0 spiro atoms. The van der Waals surface area contributed by atoms with E-state index in [1.807, 2.05) is 16.9 Å². The average molecular weight is 357 g/mol. The van der Waals surface area contributed by atoms with Gasteiger partial charge in [0.1, 0.15) is 11.5 Å². The van der Waals surface area contributed by atoms with Gasteiger partial charge in [-0.2, -0.15) is 5.10 Å². The summed E-state index contributed by atoms with van der Waals surface area (Å²) in [5, 5.41) is 10.5. The van der Waals surface area contributed by atoms with Crippen molar-refractivity contribution in [3.63, 3.8) is 0 Å². The van der Waals surface area contributed by atoms with Crippen molar-refractivity contribution in [2.75, 3.05) is 36.4 Å². The van der Waals surface area contributed by atoms with E-state index in [2.05, 4.69) is 20.6 Å². The molecule has 4 rings (SSSR count). The summed E-state index contributed by atoms with van der Waals surface area (Å²) in [6.07, 6.45) is 6.14. The highest BCUT2D eigenvalue weighted by Crippen LogP contribution is 2.31. The predicted molar refractivity (Wildman–Crippen MR) is 99.2 cm³/mol. The zero-order chi connectivity index (χ0) is 17.9. The van der Waals surface area contributed by atoms with Crippen LogP contribution in [-0.2, 0) is 0 Å². The Hall–Kier alpha value is -2.41. The highest BCUT2D eigenvalue weighted by atomic mass is 19.1. The summed E-state index contributed by atoms with van der Waals surface area (Å²) in [7, 11) is 0. The van der Waals surface area contributed by atoms with Gasteiger partial charge < -0.3 is 15.5 Å². The van der Waals surface area contributed by atoms with Crippen LogP contribution in [0.15, 0.2) is 30.5 Å². The maximum atomic E-state index is 14.4. The molecule has 2 fully saturated rings. The average Bonchev–Trinajstić information content (AvgIpc) is 3.36. The van der Waals surface area contributed by atoms with Gasteiger partial charge in [-0.05, 0) is 50.4 Å². The molecule has 2 aliphatic heterocycles. The molecule has 1 atom stereocenters. The number of carbonyl (C=O) groups is 1. The van der Waals surface area contributed by atoms with E-state index in [0.717, 1.165) is 57.5 Å². The summed E-state index contributed by atoms with van der Waals surface area (Å²) in [6.45, 7) is 3.65. The molecule has 1 aromatic carbocycles. The van der Waals surface area contributed by atoms with Crippen LogP contribution >= 0.6 is 0 Å². The summed E-state index contributed by atoms with van der Waals surface area (Å²) in [6, 6.07) is 6.88. The van der Waals surface area contributed by atoms with Crippen LogP contribution in [-0.4, -0.2) is 41.9 Å². The molecule has 2 aliphatic rings. The molecule has 7 heteroatoms. The lowest BCUT2D eigenvalue weighted by molar-refractivity contribution is 0.102. The van der Waals surface area contributed by atoms with Gasteiger partial charge in [0.15, 0.2) is 5.69 Å². The van der Waals surface area contributed by atoms with Gasteiger partial charge in [-0.3, -0.25) is 9.48 Å². The minimum Gasteiger partial charge on any atom is -0.370 e. The fraction of sp³-hybridized carbons (Fsp3) is 0.474. The third kappa shape index (κ3) is 3.44. The number of halogens is 1. The molecule has 2 aromatic rings. The first-order valence-corrected chi connectivity index (χ1v) is 9.33. The van der Waals surface area contributed by atoms with Crippen molar-refractivity contribution in [1.82, 2.24) is 15.1 Å². The van der Waals surface area contributed by atoms with E-state index in [4.69, 9.17) is 0 Å². The molecule has 1 aromatic heterocycles. The molecule has 3 heterocycles. The van der Waals surface area contributed by atoms with Crippen LogP contribution in [0.2, 0.25) is 0 Å². The van der Waals surface area contributed by atoms with Gasteiger partial charge in [-0.1, -0.05) is 6.07 Å². The number of piperidine rings is 1. The summed E-state index contributed by atoms with van der Waals surface area (Å²) < 4.78 is 16.2. The molecule has 2 saturated heterocycles. The molecular formula is C19H24FN5O. The molecule has 0 saturated carbocycles. The number of hydrogen-bond acceptors (Lipinski definition) is 4. The normalized spacial score (nSPS) is 20.3. The van der Waals surface area contributed by atoms with Gasteiger partial charge in [0.25, 0.3) is 5.91 Å². The van der Waals surface area contributed by atoms with Crippen molar-refractivity contribution in [3.8, 4) is 0 Å². The SMILES string of the molecule is O=C(Nc1c(F)cccc1N1CCCC1)c1ccn(C2CCCNC2)n1. The summed E-state index contributed by atoms with van der Waals surface area (Å²) >= 11 is 0. The topological polar surface area (TPSA) is 62.2 Å². The van der Waals surface area contributed by atoms with E-state index < -0.39 is 5.82 Å². The van der Waals surface area contributed by atoms with Gasteiger partial charge in [0, 0.05) is 25.8 Å². The van der Waals surface area contributed by atoms with Gasteiger partial charge in [0.2, 0.25) is 0 Å². The van der Waals surface area contributed by atoms with Crippen LogP contribution in [0.1, 0.15) is 42.2 Å². The molecule has 0 bridgehead atoms. The molecule has 2 N–H and O–H groups in total. The molecule has 26 heavy (non-hydrogen) atoms. The largest absolute Gasteiger partial charge is 0.370 e. The quantitative estimate of drug-likeness (QED) is 0.883. The number of nitrogens with one attached hydrogen (secondary N) is 2. The van der Waals surface area contributed by atoms with Crippen molar-refractivity contribution in [1.29, 1.82) is 0 Å². The maximum Gasteiger partial charge on any atom is 0.276 e. The first kappa shape index (κ1) is 17.0. The number of nitrogens with zero attached hydrogens (tertiary/aromatic N) is 3. The smallest absolute Gasteiger partial charge is 0.276 e. The highest BCUT2D eigenvalue weighted by molar-refractivity contribution is 6.04. The number of hydrogen-bond donors (Lipinski definition) is 2. The van der Waals surface area contributed by atoms with Crippen LogP contribution in [0.4, 0.5) is 15.8 Å². The van der Waals surface area contributed by atoms with Gasteiger partial charge in [-0.25, -0.2) is 4.39 Å². The van der Waals surface area contributed by atoms with Gasteiger partial charge in [0.05, 0.1) is 11.7 Å². The Morgan fingerprint density at radius 2 is 2.08 bits per heavy atom. The second-order valence-electron chi connectivity index (χ2n) is 6.96. The standard InChI is InChI=1S/C19H24FN5O/c20-15-6-3-7-17(24-10-1-2-11-24)18(15)22-19(26)16-8-12-25(23-16)14-5-4-9-21-13-14/h3,6-8,12,14,21H,1-2,4-5,9-11,13H2,(H,22,26).